The van der Waals surface area contributed by atoms with Crippen LogP contribution in [0.3, 0.4) is 0 Å². The van der Waals surface area contributed by atoms with Crippen LogP contribution in [0.1, 0.15) is 38.5 Å². The topological polar surface area (TPSA) is 24.5 Å². The van der Waals surface area contributed by atoms with E-state index in [0.717, 1.165) is 32.3 Å². The van der Waals surface area contributed by atoms with Crippen molar-refractivity contribution in [1.82, 2.24) is 10.4 Å². The normalized spacial score (nSPS) is 27.4. The fourth-order valence-corrected chi connectivity index (χ4v) is 2.36. The van der Waals surface area contributed by atoms with Crippen LogP contribution in [-0.4, -0.2) is 37.4 Å². The molecule has 1 aliphatic heterocycles. The fourth-order valence-electron chi connectivity index (χ4n) is 2.36. The Balaban J connectivity index is 1.71. The first kappa shape index (κ1) is 10.4. The molecule has 0 spiro atoms. The summed E-state index contributed by atoms with van der Waals surface area (Å²) < 4.78 is 5.33. The minimum absolute atomic E-state index is 0.732. The molecule has 1 saturated heterocycles. The van der Waals surface area contributed by atoms with Crippen LogP contribution >= 0.6 is 0 Å². The van der Waals surface area contributed by atoms with Gasteiger partial charge < -0.3 is 4.74 Å². The summed E-state index contributed by atoms with van der Waals surface area (Å²) in [6.07, 6.45) is 8.39. The zero-order chi connectivity index (χ0) is 9.64. The molecule has 0 atom stereocenters. The Morgan fingerprint density at radius 2 is 1.57 bits per heavy atom. The number of nitrogens with zero attached hydrogens (tertiary/aromatic N) is 1. The quantitative estimate of drug-likeness (QED) is 0.681. The summed E-state index contributed by atoms with van der Waals surface area (Å²) in [6.45, 7) is 3.88. The van der Waals surface area contributed by atoms with Crippen LogP contribution in [0.15, 0.2) is 0 Å². The van der Waals surface area contributed by atoms with Crippen molar-refractivity contribution in [2.24, 2.45) is 0 Å². The van der Waals surface area contributed by atoms with E-state index < -0.39 is 0 Å². The first-order valence-electron chi connectivity index (χ1n) is 6.04. The molecular formula is C11H22N2O. The molecule has 3 nitrogen and oxygen atoms in total. The molecule has 0 aromatic heterocycles. The molecule has 2 fully saturated rings. The molecule has 2 rings (SSSR count). The zero-order valence-electron chi connectivity index (χ0n) is 9.00. The number of rotatable bonds is 2. The average Bonchev–Trinajstić information content (AvgIpc) is 2.48. The van der Waals surface area contributed by atoms with Gasteiger partial charge in [-0.1, -0.05) is 25.7 Å². The predicted octanol–water partition coefficient (Wildman–Crippen LogP) is 1.55. The summed E-state index contributed by atoms with van der Waals surface area (Å²) >= 11 is 0. The van der Waals surface area contributed by atoms with E-state index in [2.05, 4.69) is 10.4 Å². The van der Waals surface area contributed by atoms with Crippen molar-refractivity contribution in [1.29, 1.82) is 0 Å². The van der Waals surface area contributed by atoms with Gasteiger partial charge in [0.05, 0.1) is 13.2 Å². The highest BCUT2D eigenvalue weighted by atomic mass is 16.5. The van der Waals surface area contributed by atoms with E-state index >= 15 is 0 Å². The highest BCUT2D eigenvalue weighted by Crippen LogP contribution is 2.17. The Labute approximate surface area is 86.8 Å². The number of ether oxygens (including phenoxy) is 1. The second kappa shape index (κ2) is 5.69. The maximum Gasteiger partial charge on any atom is 0.0608 e. The highest BCUT2D eigenvalue weighted by molar-refractivity contribution is 4.70. The van der Waals surface area contributed by atoms with Crippen molar-refractivity contribution in [2.75, 3.05) is 26.3 Å². The summed E-state index contributed by atoms with van der Waals surface area (Å²) in [6, 6.07) is 0.732. The van der Waals surface area contributed by atoms with Crippen molar-refractivity contribution in [3.63, 3.8) is 0 Å². The largest absolute Gasteiger partial charge is 0.379 e. The number of hydrogen-bond donors (Lipinski definition) is 1. The molecule has 1 N–H and O–H groups in total. The van der Waals surface area contributed by atoms with Crippen LogP contribution in [0, 0.1) is 0 Å². The van der Waals surface area contributed by atoms with Crippen molar-refractivity contribution in [2.45, 2.75) is 44.6 Å². The Morgan fingerprint density at radius 1 is 0.929 bits per heavy atom. The molecule has 1 saturated carbocycles. The van der Waals surface area contributed by atoms with Crippen LogP contribution in [0.2, 0.25) is 0 Å². The third kappa shape index (κ3) is 3.23. The molecule has 2 aliphatic rings. The van der Waals surface area contributed by atoms with E-state index in [1.807, 2.05) is 0 Å². The van der Waals surface area contributed by atoms with Crippen molar-refractivity contribution in [3.05, 3.63) is 0 Å². The molecule has 1 aliphatic carbocycles. The lowest BCUT2D eigenvalue weighted by Crippen LogP contribution is -2.50. The van der Waals surface area contributed by atoms with Gasteiger partial charge in [-0.15, -0.1) is 0 Å². The molecule has 0 aromatic carbocycles. The minimum Gasteiger partial charge on any atom is -0.379 e. The van der Waals surface area contributed by atoms with Gasteiger partial charge in [-0.25, -0.2) is 5.01 Å². The summed E-state index contributed by atoms with van der Waals surface area (Å²) in [5, 5.41) is 2.35. The summed E-state index contributed by atoms with van der Waals surface area (Å²) in [4.78, 5) is 0. The number of hydrogen-bond acceptors (Lipinski definition) is 3. The van der Waals surface area contributed by atoms with Gasteiger partial charge in [-0.2, -0.15) is 0 Å². The SMILES string of the molecule is C1CCCC(NN2CCOCC2)CC1. The molecule has 0 aromatic rings. The molecular weight excluding hydrogens is 176 g/mol. The molecule has 3 heteroatoms. The minimum atomic E-state index is 0.732. The molecule has 1 heterocycles. The van der Waals surface area contributed by atoms with E-state index in [1.54, 1.807) is 0 Å². The standard InChI is InChI=1S/C11H22N2O/c1-2-4-6-11(5-3-1)12-13-7-9-14-10-8-13/h11-12H,1-10H2. The first-order chi connectivity index (χ1) is 6.95. The smallest absolute Gasteiger partial charge is 0.0608 e. The van der Waals surface area contributed by atoms with E-state index in [1.165, 1.54) is 38.5 Å². The van der Waals surface area contributed by atoms with Crippen molar-refractivity contribution in [3.8, 4) is 0 Å². The Morgan fingerprint density at radius 3 is 2.21 bits per heavy atom. The summed E-state index contributed by atoms with van der Waals surface area (Å²) in [5.41, 5.74) is 3.65. The number of hydrazine groups is 1. The van der Waals surface area contributed by atoms with Gasteiger partial charge in [0.2, 0.25) is 0 Å². The Kier molecular flexibility index (Phi) is 4.22. The van der Waals surface area contributed by atoms with Gasteiger partial charge >= 0.3 is 0 Å². The van der Waals surface area contributed by atoms with Gasteiger partial charge in [-0.05, 0) is 12.8 Å². The van der Waals surface area contributed by atoms with Crippen molar-refractivity contribution < 1.29 is 4.74 Å². The first-order valence-corrected chi connectivity index (χ1v) is 6.04. The second-order valence-electron chi connectivity index (χ2n) is 4.42. The van der Waals surface area contributed by atoms with Crippen LogP contribution in [0.25, 0.3) is 0 Å². The van der Waals surface area contributed by atoms with Gasteiger partial charge in [-0.3, -0.25) is 5.43 Å². The third-order valence-electron chi connectivity index (χ3n) is 3.23. The predicted molar refractivity (Wildman–Crippen MR) is 57.0 cm³/mol. The molecule has 82 valence electrons. The average molecular weight is 198 g/mol. The van der Waals surface area contributed by atoms with Gasteiger partial charge in [0.15, 0.2) is 0 Å². The monoisotopic (exact) mass is 198 g/mol. The maximum atomic E-state index is 5.33. The van der Waals surface area contributed by atoms with E-state index in [0.29, 0.717) is 0 Å². The summed E-state index contributed by atoms with van der Waals surface area (Å²) in [5.74, 6) is 0. The zero-order valence-corrected chi connectivity index (χ0v) is 9.00. The molecule has 0 amide bonds. The lowest BCUT2D eigenvalue weighted by molar-refractivity contribution is 0.00232. The second-order valence-corrected chi connectivity index (χ2v) is 4.42. The number of morpholine rings is 1. The highest BCUT2D eigenvalue weighted by Gasteiger charge is 2.16. The van der Waals surface area contributed by atoms with Crippen molar-refractivity contribution >= 4 is 0 Å². The van der Waals surface area contributed by atoms with E-state index in [9.17, 15) is 0 Å². The van der Waals surface area contributed by atoms with Gasteiger partial charge in [0, 0.05) is 19.1 Å². The van der Waals surface area contributed by atoms with Crippen LogP contribution < -0.4 is 5.43 Å². The Bertz CT molecular complexity index is 149. The fraction of sp³-hybridized carbons (Fsp3) is 1.00. The van der Waals surface area contributed by atoms with Crippen LogP contribution in [0.4, 0.5) is 0 Å². The maximum absolute atomic E-state index is 5.33. The van der Waals surface area contributed by atoms with E-state index in [-0.39, 0.29) is 0 Å². The third-order valence-corrected chi connectivity index (χ3v) is 3.23. The van der Waals surface area contributed by atoms with Crippen LogP contribution in [-0.2, 0) is 4.74 Å². The van der Waals surface area contributed by atoms with Gasteiger partial charge in [0.1, 0.15) is 0 Å². The lowest BCUT2D eigenvalue weighted by atomic mass is 10.1. The number of nitrogens with one attached hydrogen (secondary N) is 1. The molecule has 0 unspecified atom stereocenters. The Hall–Kier alpha value is -0.120. The van der Waals surface area contributed by atoms with E-state index in [4.69, 9.17) is 4.74 Å². The van der Waals surface area contributed by atoms with Gasteiger partial charge in [0.25, 0.3) is 0 Å². The summed E-state index contributed by atoms with van der Waals surface area (Å²) in [7, 11) is 0. The lowest BCUT2D eigenvalue weighted by Gasteiger charge is -2.31. The molecule has 0 bridgehead atoms. The van der Waals surface area contributed by atoms with Crippen LogP contribution in [0.5, 0.6) is 0 Å². The molecule has 14 heavy (non-hydrogen) atoms. The molecule has 0 radical (unpaired) electrons.